The van der Waals surface area contributed by atoms with Gasteiger partial charge in [-0.3, -0.25) is 9.78 Å². The van der Waals surface area contributed by atoms with Gasteiger partial charge in [0, 0.05) is 6.20 Å². The summed E-state index contributed by atoms with van der Waals surface area (Å²) < 4.78 is 0. The fraction of sp³-hybridized carbons (Fsp3) is 0.684. The zero-order valence-electron chi connectivity index (χ0n) is 13.7. The molecule has 0 spiro atoms. The van der Waals surface area contributed by atoms with E-state index in [2.05, 4.69) is 24.1 Å². The van der Waals surface area contributed by atoms with E-state index in [9.17, 15) is 4.79 Å². The highest BCUT2D eigenvalue weighted by Crippen LogP contribution is 2.69. The number of rotatable bonds is 3. The van der Waals surface area contributed by atoms with Gasteiger partial charge in [0.15, 0.2) is 0 Å². The molecule has 0 saturated heterocycles. The number of hydrogen-bond donors (Lipinski definition) is 1. The van der Waals surface area contributed by atoms with Gasteiger partial charge in [-0.25, -0.2) is 0 Å². The van der Waals surface area contributed by atoms with Crippen molar-refractivity contribution in [3.05, 3.63) is 30.1 Å². The number of nitrogens with one attached hydrogen (secondary N) is 1. The van der Waals surface area contributed by atoms with Crippen molar-refractivity contribution in [2.75, 3.05) is 0 Å². The van der Waals surface area contributed by atoms with E-state index in [1.54, 1.807) is 6.20 Å². The predicted octanol–water partition coefficient (Wildman–Crippen LogP) is 3.69. The minimum Gasteiger partial charge on any atom is -0.350 e. The number of aromatic nitrogens is 1. The fourth-order valence-electron chi connectivity index (χ4n) is 6.56. The lowest BCUT2D eigenvalue weighted by molar-refractivity contribution is -0.170. The molecule has 4 aliphatic carbocycles. The number of nitrogens with zero attached hydrogens (tertiary/aromatic N) is 1. The van der Waals surface area contributed by atoms with E-state index in [1.165, 1.54) is 19.3 Å². The second kappa shape index (κ2) is 4.56. The summed E-state index contributed by atoms with van der Waals surface area (Å²) in [6.45, 7) is 5.38. The number of pyridine rings is 1. The standard InChI is InChI=1S/C19H26N2O/c1-17-7-14-8-18(2,11-17)13-19(9-14,12-17)16(22)21-10-15-5-3-4-6-20-15/h3-6,14H,7-13H2,1-2H3,(H,21,22)/t14?,17-,18-,19?/m0/s1. The second-order valence-electron chi connectivity index (χ2n) is 8.91. The van der Waals surface area contributed by atoms with Crippen molar-refractivity contribution in [1.82, 2.24) is 10.3 Å². The van der Waals surface area contributed by atoms with Crippen LogP contribution in [0.4, 0.5) is 0 Å². The van der Waals surface area contributed by atoms with Crippen LogP contribution in [0.3, 0.4) is 0 Å². The summed E-state index contributed by atoms with van der Waals surface area (Å²) in [6, 6.07) is 5.86. The van der Waals surface area contributed by atoms with Gasteiger partial charge >= 0.3 is 0 Å². The maximum absolute atomic E-state index is 13.0. The topological polar surface area (TPSA) is 42.0 Å². The molecule has 1 aromatic heterocycles. The van der Waals surface area contributed by atoms with Gasteiger partial charge in [0.1, 0.15) is 0 Å². The van der Waals surface area contributed by atoms with Crippen molar-refractivity contribution >= 4 is 5.91 Å². The van der Waals surface area contributed by atoms with E-state index in [4.69, 9.17) is 0 Å². The van der Waals surface area contributed by atoms with Crippen LogP contribution >= 0.6 is 0 Å². The first-order valence-corrected chi connectivity index (χ1v) is 8.59. The Bertz CT molecular complexity index is 579. The molecule has 0 unspecified atom stereocenters. The Morgan fingerprint density at radius 1 is 1.18 bits per heavy atom. The first kappa shape index (κ1) is 14.2. The van der Waals surface area contributed by atoms with Crippen molar-refractivity contribution in [2.45, 2.75) is 58.9 Å². The van der Waals surface area contributed by atoms with E-state index < -0.39 is 0 Å². The normalized spacial score (nSPS) is 42.4. The molecular weight excluding hydrogens is 272 g/mol. The molecule has 5 rings (SSSR count). The van der Waals surface area contributed by atoms with Gasteiger partial charge in [0.05, 0.1) is 17.7 Å². The molecule has 4 fully saturated rings. The molecule has 0 aromatic carbocycles. The van der Waals surface area contributed by atoms with Gasteiger partial charge in [-0.15, -0.1) is 0 Å². The SMILES string of the molecule is C[C@@]12CC3CC(C(=O)NCc4ccccn4)(C1)C[C@@](C)(C3)C2. The molecule has 22 heavy (non-hydrogen) atoms. The van der Waals surface area contributed by atoms with Crippen molar-refractivity contribution < 1.29 is 4.79 Å². The Hall–Kier alpha value is -1.38. The summed E-state index contributed by atoms with van der Waals surface area (Å²) in [7, 11) is 0. The third-order valence-electron chi connectivity index (χ3n) is 6.26. The molecule has 4 aliphatic rings. The smallest absolute Gasteiger partial charge is 0.226 e. The lowest BCUT2D eigenvalue weighted by Gasteiger charge is -2.64. The highest BCUT2D eigenvalue weighted by molar-refractivity contribution is 5.83. The summed E-state index contributed by atoms with van der Waals surface area (Å²) in [4.78, 5) is 17.3. The van der Waals surface area contributed by atoms with Crippen LogP contribution in [-0.2, 0) is 11.3 Å². The minimum atomic E-state index is -0.113. The molecule has 3 nitrogen and oxygen atoms in total. The minimum absolute atomic E-state index is 0.113. The van der Waals surface area contributed by atoms with Crippen molar-refractivity contribution in [3.63, 3.8) is 0 Å². The molecule has 1 amide bonds. The van der Waals surface area contributed by atoms with Crippen molar-refractivity contribution in [2.24, 2.45) is 22.2 Å². The summed E-state index contributed by atoms with van der Waals surface area (Å²) >= 11 is 0. The maximum Gasteiger partial charge on any atom is 0.226 e. The molecule has 1 N–H and O–H groups in total. The highest BCUT2D eigenvalue weighted by Gasteiger charge is 2.62. The highest BCUT2D eigenvalue weighted by atomic mass is 16.2. The Balaban J connectivity index is 1.53. The van der Waals surface area contributed by atoms with Gasteiger partial charge in [-0.1, -0.05) is 19.9 Å². The molecule has 3 heteroatoms. The first-order valence-electron chi connectivity index (χ1n) is 8.59. The molecule has 0 radical (unpaired) electrons. The average Bonchev–Trinajstić information content (AvgIpc) is 2.42. The van der Waals surface area contributed by atoms with E-state index in [1.807, 2.05) is 18.2 Å². The Labute approximate surface area is 132 Å². The first-order chi connectivity index (χ1) is 10.4. The third kappa shape index (κ3) is 2.26. The predicted molar refractivity (Wildman–Crippen MR) is 85.9 cm³/mol. The molecule has 4 saturated carbocycles. The Kier molecular flexibility index (Phi) is 2.95. The number of hydrogen-bond acceptors (Lipinski definition) is 2. The zero-order valence-corrected chi connectivity index (χ0v) is 13.7. The molecule has 4 bridgehead atoms. The van der Waals surface area contributed by atoms with Gasteiger partial charge in [0.25, 0.3) is 0 Å². The molecule has 118 valence electrons. The Morgan fingerprint density at radius 2 is 1.91 bits per heavy atom. The molecular formula is C19H26N2O. The maximum atomic E-state index is 13.0. The van der Waals surface area contributed by atoms with Gasteiger partial charge < -0.3 is 5.32 Å². The van der Waals surface area contributed by atoms with Crippen molar-refractivity contribution in [3.8, 4) is 0 Å². The third-order valence-corrected chi connectivity index (χ3v) is 6.26. The summed E-state index contributed by atoms with van der Waals surface area (Å²) in [5.41, 5.74) is 1.60. The quantitative estimate of drug-likeness (QED) is 0.924. The van der Waals surface area contributed by atoms with E-state index in [0.717, 1.165) is 30.9 Å². The van der Waals surface area contributed by atoms with Crippen LogP contribution in [0.25, 0.3) is 0 Å². The Morgan fingerprint density at radius 3 is 2.50 bits per heavy atom. The fourth-order valence-corrected chi connectivity index (χ4v) is 6.56. The van der Waals surface area contributed by atoms with Crippen LogP contribution in [0.15, 0.2) is 24.4 Å². The lowest BCUT2D eigenvalue weighted by atomic mass is 9.40. The van der Waals surface area contributed by atoms with E-state index in [-0.39, 0.29) is 11.3 Å². The van der Waals surface area contributed by atoms with Gasteiger partial charge in [-0.2, -0.15) is 0 Å². The van der Waals surface area contributed by atoms with Crippen LogP contribution in [0.2, 0.25) is 0 Å². The molecule has 1 heterocycles. The lowest BCUT2D eigenvalue weighted by Crippen LogP contribution is -2.59. The average molecular weight is 298 g/mol. The molecule has 2 atom stereocenters. The summed E-state index contributed by atoms with van der Waals surface area (Å²) in [5.74, 6) is 1.03. The van der Waals surface area contributed by atoms with Crippen LogP contribution < -0.4 is 5.32 Å². The van der Waals surface area contributed by atoms with Gasteiger partial charge in [-0.05, 0) is 67.4 Å². The molecule has 0 aliphatic heterocycles. The zero-order chi connectivity index (χ0) is 15.4. The van der Waals surface area contributed by atoms with Gasteiger partial charge in [0.2, 0.25) is 5.91 Å². The molecule has 1 aromatic rings. The van der Waals surface area contributed by atoms with Crippen LogP contribution in [0.5, 0.6) is 0 Å². The monoisotopic (exact) mass is 298 g/mol. The summed E-state index contributed by atoms with van der Waals surface area (Å²) in [5, 5.41) is 3.19. The number of amides is 1. The van der Waals surface area contributed by atoms with E-state index >= 15 is 0 Å². The number of carbonyl (C=O) groups excluding carboxylic acids is 1. The van der Waals surface area contributed by atoms with Crippen molar-refractivity contribution in [1.29, 1.82) is 0 Å². The number of carbonyl (C=O) groups is 1. The largest absolute Gasteiger partial charge is 0.350 e. The second-order valence-corrected chi connectivity index (χ2v) is 8.91. The van der Waals surface area contributed by atoms with Crippen LogP contribution in [-0.4, -0.2) is 10.9 Å². The summed E-state index contributed by atoms with van der Waals surface area (Å²) in [6.07, 6.45) is 9.03. The van der Waals surface area contributed by atoms with Crippen LogP contribution in [0, 0.1) is 22.2 Å². The van der Waals surface area contributed by atoms with Crippen LogP contribution in [0.1, 0.15) is 58.1 Å². The van der Waals surface area contributed by atoms with E-state index in [0.29, 0.717) is 17.4 Å².